The maximum absolute atomic E-state index is 4.22. The first-order valence-electron chi connectivity index (χ1n) is 5.73. The van der Waals surface area contributed by atoms with Gasteiger partial charge in [0.25, 0.3) is 0 Å². The van der Waals surface area contributed by atoms with Crippen molar-refractivity contribution in [3.63, 3.8) is 0 Å². The number of hydrogen-bond donors (Lipinski definition) is 1. The minimum Gasteiger partial charge on any atom is -0.360 e. The van der Waals surface area contributed by atoms with E-state index >= 15 is 0 Å². The van der Waals surface area contributed by atoms with Gasteiger partial charge in [-0.05, 0) is 32.9 Å². The molecule has 0 radical (unpaired) electrons. The lowest BCUT2D eigenvalue weighted by Crippen LogP contribution is -2.41. The summed E-state index contributed by atoms with van der Waals surface area (Å²) in [7, 11) is 0. The zero-order valence-electron chi connectivity index (χ0n) is 9.28. The molecule has 15 heavy (non-hydrogen) atoms. The molecule has 1 fully saturated rings. The molecule has 1 N–H and O–H groups in total. The minimum atomic E-state index is 0.620. The lowest BCUT2D eigenvalue weighted by molar-refractivity contribution is 0.180. The van der Waals surface area contributed by atoms with E-state index in [0.29, 0.717) is 6.04 Å². The van der Waals surface area contributed by atoms with E-state index in [1.807, 2.05) is 11.6 Å². The molecule has 1 atom stereocenters. The van der Waals surface area contributed by atoms with Crippen LogP contribution in [0.4, 0.5) is 5.13 Å². The van der Waals surface area contributed by atoms with Crippen molar-refractivity contribution in [3.05, 3.63) is 11.6 Å². The molecular formula is C11H19N3S. The van der Waals surface area contributed by atoms with Crippen molar-refractivity contribution in [2.75, 3.05) is 25.0 Å². The van der Waals surface area contributed by atoms with E-state index in [2.05, 4.69) is 22.1 Å². The van der Waals surface area contributed by atoms with Gasteiger partial charge >= 0.3 is 0 Å². The van der Waals surface area contributed by atoms with Gasteiger partial charge in [-0.25, -0.2) is 4.98 Å². The van der Waals surface area contributed by atoms with Crippen LogP contribution in [-0.2, 0) is 0 Å². The molecule has 2 rings (SSSR count). The molecule has 0 saturated carbocycles. The summed E-state index contributed by atoms with van der Waals surface area (Å²) in [5.74, 6) is 0. The monoisotopic (exact) mass is 225 g/mol. The predicted octanol–water partition coefficient (Wildman–Crippen LogP) is 2.43. The van der Waals surface area contributed by atoms with Crippen LogP contribution < -0.4 is 5.32 Å². The molecule has 1 unspecified atom stereocenters. The Morgan fingerprint density at radius 3 is 2.93 bits per heavy atom. The summed E-state index contributed by atoms with van der Waals surface area (Å²) in [6, 6.07) is 0.620. The molecule has 3 nitrogen and oxygen atoms in total. The largest absolute Gasteiger partial charge is 0.360 e. The summed E-state index contributed by atoms with van der Waals surface area (Å²) in [6.07, 6.45) is 5.98. The fourth-order valence-electron chi connectivity index (χ4n) is 2.03. The van der Waals surface area contributed by atoms with E-state index in [1.54, 1.807) is 11.3 Å². The second kappa shape index (κ2) is 5.47. The van der Waals surface area contributed by atoms with Gasteiger partial charge in [0.2, 0.25) is 0 Å². The Morgan fingerprint density at radius 2 is 2.27 bits per heavy atom. The average molecular weight is 225 g/mol. The van der Waals surface area contributed by atoms with Crippen molar-refractivity contribution >= 4 is 16.5 Å². The molecule has 84 valence electrons. The summed E-state index contributed by atoms with van der Waals surface area (Å²) in [5, 5.41) is 6.44. The fraction of sp³-hybridized carbons (Fsp3) is 0.727. The Morgan fingerprint density at radius 1 is 1.47 bits per heavy atom. The highest BCUT2D eigenvalue weighted by atomic mass is 32.1. The summed E-state index contributed by atoms with van der Waals surface area (Å²) >= 11 is 1.67. The van der Waals surface area contributed by atoms with E-state index in [1.165, 1.54) is 32.4 Å². The molecule has 0 aromatic carbocycles. The zero-order valence-corrected chi connectivity index (χ0v) is 10.1. The molecule has 1 aliphatic heterocycles. The number of thiazole rings is 1. The quantitative estimate of drug-likeness (QED) is 0.853. The van der Waals surface area contributed by atoms with Crippen LogP contribution in [0, 0.1) is 0 Å². The molecule has 1 saturated heterocycles. The van der Waals surface area contributed by atoms with Gasteiger partial charge in [-0.1, -0.05) is 6.42 Å². The Bertz CT molecular complexity index is 267. The van der Waals surface area contributed by atoms with Crippen LogP contribution in [0.15, 0.2) is 11.6 Å². The van der Waals surface area contributed by atoms with Gasteiger partial charge in [-0.15, -0.1) is 11.3 Å². The molecule has 1 aliphatic rings. The lowest BCUT2D eigenvalue weighted by Gasteiger charge is -2.32. The minimum absolute atomic E-state index is 0.620. The van der Waals surface area contributed by atoms with E-state index in [-0.39, 0.29) is 0 Å². The zero-order chi connectivity index (χ0) is 10.5. The van der Waals surface area contributed by atoms with E-state index < -0.39 is 0 Å². The van der Waals surface area contributed by atoms with Crippen LogP contribution >= 0.6 is 11.3 Å². The second-order valence-electron chi connectivity index (χ2n) is 4.16. The van der Waals surface area contributed by atoms with Crippen LogP contribution in [0.5, 0.6) is 0 Å². The van der Waals surface area contributed by atoms with Gasteiger partial charge in [0, 0.05) is 24.2 Å². The van der Waals surface area contributed by atoms with Gasteiger partial charge in [0.05, 0.1) is 0 Å². The number of nitrogens with one attached hydrogen (secondary N) is 1. The Kier molecular flexibility index (Phi) is 3.97. The predicted molar refractivity (Wildman–Crippen MR) is 65.5 cm³/mol. The molecule has 0 amide bonds. The van der Waals surface area contributed by atoms with Crippen molar-refractivity contribution in [2.45, 2.75) is 32.2 Å². The van der Waals surface area contributed by atoms with Gasteiger partial charge < -0.3 is 5.32 Å². The maximum atomic E-state index is 4.22. The first-order valence-corrected chi connectivity index (χ1v) is 6.61. The number of nitrogens with zero attached hydrogens (tertiary/aromatic N) is 2. The van der Waals surface area contributed by atoms with Crippen LogP contribution in [0.1, 0.15) is 26.2 Å². The van der Waals surface area contributed by atoms with E-state index in [9.17, 15) is 0 Å². The third kappa shape index (κ3) is 3.18. The average Bonchev–Trinajstić information content (AvgIpc) is 2.80. The summed E-state index contributed by atoms with van der Waals surface area (Å²) in [4.78, 5) is 6.80. The number of piperidine rings is 1. The summed E-state index contributed by atoms with van der Waals surface area (Å²) in [5.41, 5.74) is 0. The number of rotatable bonds is 4. The molecule has 1 aromatic heterocycles. The van der Waals surface area contributed by atoms with Gasteiger partial charge in [-0.3, -0.25) is 4.90 Å². The van der Waals surface area contributed by atoms with Crippen LogP contribution in [-0.4, -0.2) is 35.6 Å². The number of likely N-dealkylation sites (tertiary alicyclic amines) is 1. The van der Waals surface area contributed by atoms with E-state index in [0.717, 1.165) is 11.7 Å². The topological polar surface area (TPSA) is 28.2 Å². The second-order valence-corrected chi connectivity index (χ2v) is 5.06. The fourth-order valence-corrected chi connectivity index (χ4v) is 2.57. The SMILES string of the molecule is CC(CNc1nccs1)N1CCCCC1. The molecule has 1 aromatic rings. The number of aromatic nitrogens is 1. The van der Waals surface area contributed by atoms with Crippen molar-refractivity contribution in [1.82, 2.24) is 9.88 Å². The highest BCUT2D eigenvalue weighted by molar-refractivity contribution is 7.13. The molecule has 2 heterocycles. The smallest absolute Gasteiger partial charge is 0.182 e. The van der Waals surface area contributed by atoms with Crippen molar-refractivity contribution in [1.29, 1.82) is 0 Å². The number of anilines is 1. The molecule has 4 heteroatoms. The van der Waals surface area contributed by atoms with Gasteiger partial charge in [0.1, 0.15) is 0 Å². The van der Waals surface area contributed by atoms with Gasteiger partial charge in [-0.2, -0.15) is 0 Å². The normalized spacial score (nSPS) is 20.1. The summed E-state index contributed by atoms with van der Waals surface area (Å²) < 4.78 is 0. The first kappa shape index (κ1) is 10.9. The highest BCUT2D eigenvalue weighted by Crippen LogP contribution is 2.14. The van der Waals surface area contributed by atoms with Crippen LogP contribution in [0.3, 0.4) is 0 Å². The molecule has 0 spiro atoms. The lowest BCUT2D eigenvalue weighted by atomic mass is 10.1. The highest BCUT2D eigenvalue weighted by Gasteiger charge is 2.16. The standard InChI is InChI=1S/C11H19N3S/c1-10(14-6-3-2-4-7-14)9-13-11-12-5-8-15-11/h5,8,10H,2-4,6-7,9H2,1H3,(H,12,13). The summed E-state index contributed by atoms with van der Waals surface area (Å²) in [6.45, 7) is 5.83. The van der Waals surface area contributed by atoms with Crippen molar-refractivity contribution in [3.8, 4) is 0 Å². The Balaban J connectivity index is 1.74. The molecule has 0 aliphatic carbocycles. The van der Waals surface area contributed by atoms with Crippen molar-refractivity contribution < 1.29 is 0 Å². The van der Waals surface area contributed by atoms with Gasteiger partial charge in [0.15, 0.2) is 5.13 Å². The van der Waals surface area contributed by atoms with E-state index in [4.69, 9.17) is 0 Å². The maximum Gasteiger partial charge on any atom is 0.182 e. The Labute approximate surface area is 95.5 Å². The third-order valence-electron chi connectivity index (χ3n) is 3.00. The van der Waals surface area contributed by atoms with Crippen LogP contribution in [0.25, 0.3) is 0 Å². The molecular weight excluding hydrogens is 206 g/mol. The first-order chi connectivity index (χ1) is 7.36. The number of hydrogen-bond acceptors (Lipinski definition) is 4. The molecule has 0 bridgehead atoms. The van der Waals surface area contributed by atoms with Crippen molar-refractivity contribution in [2.24, 2.45) is 0 Å². The Hall–Kier alpha value is -0.610. The third-order valence-corrected chi connectivity index (χ3v) is 3.73. The van der Waals surface area contributed by atoms with Crippen LogP contribution in [0.2, 0.25) is 0 Å².